The molecule has 1 fully saturated rings. The normalized spacial score (nSPS) is 29.9. The fraction of sp³-hybridized carbons (Fsp3) is 0.667. The van der Waals surface area contributed by atoms with Crippen LogP contribution < -0.4 is 0 Å². The number of fused-ring (bicyclic) bond motifs is 3. The number of aromatic nitrogens is 2. The van der Waals surface area contributed by atoms with Gasteiger partial charge in [0, 0.05) is 17.2 Å². The molecule has 0 amide bonds. The molecule has 1 aromatic heterocycles. The number of carboxylic acids is 1. The van der Waals surface area contributed by atoms with Gasteiger partial charge >= 0.3 is 5.97 Å². The summed E-state index contributed by atoms with van der Waals surface area (Å²) in [4.78, 5) is 10.9. The van der Waals surface area contributed by atoms with Crippen LogP contribution >= 0.6 is 0 Å². The second kappa shape index (κ2) is 3.34. The van der Waals surface area contributed by atoms with Gasteiger partial charge in [0.15, 0.2) is 5.69 Å². The first kappa shape index (κ1) is 9.87. The minimum Gasteiger partial charge on any atom is -0.476 e. The van der Waals surface area contributed by atoms with Gasteiger partial charge < -0.3 is 5.11 Å². The van der Waals surface area contributed by atoms with E-state index in [1.807, 2.05) is 0 Å². The number of aromatic carboxylic acids is 1. The van der Waals surface area contributed by atoms with Gasteiger partial charge in [-0.1, -0.05) is 19.8 Å². The van der Waals surface area contributed by atoms with Crippen LogP contribution in [-0.4, -0.2) is 21.3 Å². The van der Waals surface area contributed by atoms with Crippen molar-refractivity contribution in [3.05, 3.63) is 17.0 Å². The number of aromatic amines is 1. The molecule has 2 N–H and O–H groups in total. The Bertz CT molecular complexity index is 438. The molecule has 0 radical (unpaired) electrons. The molecule has 2 unspecified atom stereocenters. The Morgan fingerprint density at radius 3 is 3.12 bits per heavy atom. The Labute approximate surface area is 94.1 Å². The van der Waals surface area contributed by atoms with Gasteiger partial charge in [-0.25, -0.2) is 4.79 Å². The Morgan fingerprint density at radius 1 is 1.62 bits per heavy atom. The molecule has 0 aliphatic heterocycles. The van der Waals surface area contributed by atoms with Gasteiger partial charge in [-0.3, -0.25) is 5.10 Å². The lowest BCUT2D eigenvalue weighted by Crippen LogP contribution is -2.02. The number of rotatable bonds is 4. The first-order chi connectivity index (χ1) is 7.74. The summed E-state index contributed by atoms with van der Waals surface area (Å²) < 4.78 is 0. The molecule has 0 aromatic carbocycles. The van der Waals surface area contributed by atoms with E-state index in [0.29, 0.717) is 11.8 Å². The van der Waals surface area contributed by atoms with E-state index in [-0.39, 0.29) is 5.69 Å². The maximum absolute atomic E-state index is 10.9. The zero-order chi connectivity index (χ0) is 11.3. The van der Waals surface area contributed by atoms with Crippen molar-refractivity contribution in [2.45, 2.75) is 38.5 Å². The molecule has 2 aliphatic carbocycles. The van der Waals surface area contributed by atoms with Gasteiger partial charge in [-0.2, -0.15) is 5.10 Å². The number of nitrogens with one attached hydrogen (secondary N) is 1. The number of hydrogen-bond acceptors (Lipinski definition) is 2. The molecular weight excluding hydrogens is 204 g/mol. The SMILES string of the molecule is CCCCC1C2Cc3c(C(=O)O)n[nH]c3[C@H]12. The number of H-pyrrole nitrogens is 1. The number of carbonyl (C=O) groups is 1. The Balaban J connectivity index is 1.78. The van der Waals surface area contributed by atoms with Crippen LogP contribution in [0.3, 0.4) is 0 Å². The monoisotopic (exact) mass is 220 g/mol. The average molecular weight is 220 g/mol. The Hall–Kier alpha value is -1.32. The van der Waals surface area contributed by atoms with E-state index in [4.69, 9.17) is 5.11 Å². The molecule has 4 heteroatoms. The molecule has 16 heavy (non-hydrogen) atoms. The molecule has 2 aliphatic rings. The van der Waals surface area contributed by atoms with E-state index in [2.05, 4.69) is 17.1 Å². The predicted molar refractivity (Wildman–Crippen MR) is 58.5 cm³/mol. The number of hydrogen-bond donors (Lipinski definition) is 2. The van der Waals surface area contributed by atoms with Crippen molar-refractivity contribution in [2.75, 3.05) is 0 Å². The third-order valence-corrected chi connectivity index (χ3v) is 4.10. The highest BCUT2D eigenvalue weighted by Crippen LogP contribution is 2.63. The maximum Gasteiger partial charge on any atom is 0.356 e. The highest BCUT2D eigenvalue weighted by molar-refractivity contribution is 5.87. The summed E-state index contributed by atoms with van der Waals surface area (Å²) in [5.41, 5.74) is 2.33. The van der Waals surface area contributed by atoms with Crippen LogP contribution in [0.5, 0.6) is 0 Å². The van der Waals surface area contributed by atoms with Gasteiger partial charge in [-0.15, -0.1) is 0 Å². The number of carboxylic acid groups (broad SMARTS) is 1. The lowest BCUT2D eigenvalue weighted by atomic mass is 10.0. The van der Waals surface area contributed by atoms with Crippen molar-refractivity contribution in [2.24, 2.45) is 11.8 Å². The summed E-state index contributed by atoms with van der Waals surface area (Å²) in [5.74, 6) is 1.18. The van der Waals surface area contributed by atoms with E-state index in [1.54, 1.807) is 0 Å². The third kappa shape index (κ3) is 1.22. The van der Waals surface area contributed by atoms with Crippen LogP contribution in [0.15, 0.2) is 0 Å². The minimum absolute atomic E-state index is 0.247. The van der Waals surface area contributed by atoms with Crippen LogP contribution in [0.25, 0.3) is 0 Å². The fourth-order valence-corrected chi connectivity index (χ4v) is 3.26. The van der Waals surface area contributed by atoms with Crippen LogP contribution in [-0.2, 0) is 6.42 Å². The summed E-state index contributed by atoms with van der Waals surface area (Å²) in [7, 11) is 0. The predicted octanol–water partition coefficient (Wildman–Crippen LogP) is 2.18. The van der Waals surface area contributed by atoms with Crippen molar-refractivity contribution < 1.29 is 9.90 Å². The lowest BCUT2D eigenvalue weighted by molar-refractivity contribution is 0.0689. The molecule has 1 saturated carbocycles. The standard InChI is InChI=1S/C12H16N2O2/c1-2-3-4-6-7-5-8-10(9(6)7)13-14-11(8)12(15)16/h6-7,9H,2-5H2,1H3,(H,13,14)(H,15,16)/t6?,7?,9-/m1/s1. The van der Waals surface area contributed by atoms with Crippen LogP contribution in [0.4, 0.5) is 0 Å². The topological polar surface area (TPSA) is 66.0 Å². The minimum atomic E-state index is -0.899. The molecule has 3 atom stereocenters. The van der Waals surface area contributed by atoms with Crippen molar-refractivity contribution in [1.29, 1.82) is 0 Å². The quantitative estimate of drug-likeness (QED) is 0.817. The van der Waals surface area contributed by atoms with Crippen molar-refractivity contribution in [3.8, 4) is 0 Å². The first-order valence-corrected chi connectivity index (χ1v) is 6.04. The summed E-state index contributed by atoms with van der Waals surface area (Å²) >= 11 is 0. The van der Waals surface area contributed by atoms with Gasteiger partial charge in [0.2, 0.25) is 0 Å². The molecule has 86 valence electrons. The van der Waals surface area contributed by atoms with Crippen molar-refractivity contribution in [1.82, 2.24) is 10.2 Å². The van der Waals surface area contributed by atoms with Crippen LogP contribution in [0, 0.1) is 11.8 Å². The highest BCUT2D eigenvalue weighted by atomic mass is 16.4. The van der Waals surface area contributed by atoms with Gasteiger partial charge in [0.1, 0.15) is 0 Å². The van der Waals surface area contributed by atoms with E-state index in [9.17, 15) is 4.79 Å². The Morgan fingerprint density at radius 2 is 2.44 bits per heavy atom. The zero-order valence-electron chi connectivity index (χ0n) is 9.36. The van der Waals surface area contributed by atoms with Gasteiger partial charge in [-0.05, 0) is 24.7 Å². The summed E-state index contributed by atoms with van der Waals surface area (Å²) in [6.45, 7) is 2.21. The van der Waals surface area contributed by atoms with Crippen LogP contribution in [0.2, 0.25) is 0 Å². The van der Waals surface area contributed by atoms with E-state index >= 15 is 0 Å². The number of nitrogens with zero attached hydrogens (tertiary/aromatic N) is 1. The summed E-state index contributed by atoms with van der Waals surface area (Å²) in [6, 6.07) is 0. The van der Waals surface area contributed by atoms with Crippen molar-refractivity contribution in [3.63, 3.8) is 0 Å². The van der Waals surface area contributed by atoms with Crippen LogP contribution in [0.1, 0.15) is 53.8 Å². The molecule has 0 bridgehead atoms. The molecule has 3 rings (SSSR count). The summed E-state index contributed by atoms with van der Waals surface area (Å²) in [5, 5.41) is 15.8. The molecule has 0 saturated heterocycles. The average Bonchev–Trinajstić information content (AvgIpc) is 2.60. The molecule has 1 aromatic rings. The van der Waals surface area contributed by atoms with E-state index in [0.717, 1.165) is 23.6 Å². The molecular formula is C12H16N2O2. The first-order valence-electron chi connectivity index (χ1n) is 6.04. The van der Waals surface area contributed by atoms with Gasteiger partial charge in [0.25, 0.3) is 0 Å². The molecule has 1 heterocycles. The number of unbranched alkanes of at least 4 members (excludes halogenated alkanes) is 1. The largest absolute Gasteiger partial charge is 0.476 e. The zero-order valence-corrected chi connectivity index (χ0v) is 9.36. The smallest absolute Gasteiger partial charge is 0.356 e. The second-order valence-corrected chi connectivity index (χ2v) is 4.97. The van der Waals surface area contributed by atoms with E-state index in [1.165, 1.54) is 19.3 Å². The molecule has 0 spiro atoms. The summed E-state index contributed by atoms with van der Waals surface area (Å²) in [6.07, 6.45) is 4.73. The third-order valence-electron chi connectivity index (χ3n) is 4.10. The second-order valence-electron chi connectivity index (χ2n) is 4.97. The molecule has 4 nitrogen and oxygen atoms in total. The van der Waals surface area contributed by atoms with E-state index < -0.39 is 5.97 Å². The van der Waals surface area contributed by atoms with Crippen molar-refractivity contribution >= 4 is 5.97 Å². The highest BCUT2D eigenvalue weighted by Gasteiger charge is 2.57. The lowest BCUT2D eigenvalue weighted by Gasteiger charge is -2.02. The Kier molecular flexibility index (Phi) is 2.06. The maximum atomic E-state index is 10.9. The van der Waals surface area contributed by atoms with Gasteiger partial charge in [0.05, 0.1) is 0 Å². The fourth-order valence-electron chi connectivity index (χ4n) is 3.26.